The van der Waals surface area contributed by atoms with Gasteiger partial charge in [0.2, 0.25) is 5.91 Å². The minimum atomic E-state index is -0.0794. The quantitative estimate of drug-likeness (QED) is 0.402. The Morgan fingerprint density at radius 1 is 1.36 bits per heavy atom. The Bertz CT molecular complexity index is 1070. The number of carbonyl (C=O) groups excluding carboxylic acids is 1. The van der Waals surface area contributed by atoms with E-state index in [1.807, 2.05) is 35.9 Å². The molecule has 1 fully saturated rings. The van der Waals surface area contributed by atoms with E-state index in [4.69, 9.17) is 11.1 Å². The minimum absolute atomic E-state index is 0.0304. The van der Waals surface area contributed by atoms with E-state index in [1.165, 1.54) is 5.69 Å². The second-order valence-electron chi connectivity index (χ2n) is 8.04. The van der Waals surface area contributed by atoms with Crippen molar-refractivity contribution in [1.82, 2.24) is 15.4 Å². The Labute approximate surface area is 193 Å². The van der Waals surface area contributed by atoms with Crippen LogP contribution in [0.1, 0.15) is 36.6 Å². The normalized spacial score (nSPS) is 17.8. The summed E-state index contributed by atoms with van der Waals surface area (Å²) in [5.41, 5.74) is 12.2. The van der Waals surface area contributed by atoms with E-state index in [0.29, 0.717) is 12.0 Å². The first-order valence-electron chi connectivity index (χ1n) is 11.1. The third kappa shape index (κ3) is 6.35. The van der Waals surface area contributed by atoms with Crippen LogP contribution in [0, 0.1) is 22.7 Å². The van der Waals surface area contributed by atoms with Gasteiger partial charge in [0.1, 0.15) is 19.2 Å². The van der Waals surface area contributed by atoms with Crippen LogP contribution in [0.4, 0.5) is 5.69 Å². The number of aromatic amines is 1. The maximum absolute atomic E-state index is 11.4. The molecule has 1 aromatic carbocycles. The van der Waals surface area contributed by atoms with E-state index in [2.05, 4.69) is 37.5 Å². The predicted molar refractivity (Wildman–Crippen MR) is 126 cm³/mol. The van der Waals surface area contributed by atoms with Gasteiger partial charge in [0.15, 0.2) is 0 Å². The lowest BCUT2D eigenvalue weighted by atomic mass is 9.93. The first-order chi connectivity index (χ1) is 16.0. The smallest absolute Gasteiger partial charge is 0.303 e. The number of nitrogens with one attached hydrogen (secondary N) is 3. The molecule has 0 bridgehead atoms. The number of nitrogens with two attached hydrogens (primary N) is 1. The van der Waals surface area contributed by atoms with Gasteiger partial charge in [-0.25, -0.2) is 15.0 Å². The Balaban J connectivity index is 0.000000286. The van der Waals surface area contributed by atoms with E-state index in [0.717, 1.165) is 62.5 Å². The van der Waals surface area contributed by atoms with Crippen LogP contribution in [-0.4, -0.2) is 64.9 Å². The molecule has 0 spiro atoms. The zero-order valence-electron chi connectivity index (χ0n) is 18.8. The number of carbonyl (C=O) groups is 1. The molecule has 0 aliphatic carbocycles. The van der Waals surface area contributed by atoms with Crippen molar-refractivity contribution in [3.05, 3.63) is 47.5 Å². The lowest BCUT2D eigenvalue weighted by Crippen LogP contribution is -2.42. The fraction of sp³-hybridized carbons (Fsp3) is 0.435. The molecule has 3 heterocycles. The summed E-state index contributed by atoms with van der Waals surface area (Å²) in [6.45, 7) is 5.68. The molecule has 0 saturated carbocycles. The van der Waals surface area contributed by atoms with Gasteiger partial charge in [-0.15, -0.1) is 0 Å². The number of nitrogens with zero attached hydrogens (tertiary/aromatic N) is 5. The molecule has 2 aromatic rings. The van der Waals surface area contributed by atoms with Crippen LogP contribution in [-0.2, 0) is 11.2 Å². The fourth-order valence-electron chi connectivity index (χ4n) is 3.84. The van der Waals surface area contributed by atoms with Crippen molar-refractivity contribution >= 4 is 23.3 Å². The highest BCUT2D eigenvalue weighted by Gasteiger charge is 2.24. The van der Waals surface area contributed by atoms with Crippen LogP contribution < -0.4 is 16.1 Å². The van der Waals surface area contributed by atoms with Gasteiger partial charge >= 0.3 is 6.01 Å². The number of benzene rings is 1. The lowest BCUT2D eigenvalue weighted by Gasteiger charge is -2.29. The number of aryl methyl sites for hydroxylation is 1. The number of hydrogen-bond acceptors (Lipinski definition) is 7. The SMILES string of the molecule is CC1CC(=O)NN=C1c1ccc(N2CC[N+](=C=N)CC2)c(C#N)c1.NCCCc1cnc[nH]1. The van der Waals surface area contributed by atoms with Crippen molar-refractivity contribution < 1.29 is 9.37 Å². The maximum Gasteiger partial charge on any atom is 0.303 e. The standard InChI is InChI=1S/C17H18N6O.C6H11N3/c1-12-8-16(24)20-21-17(12)13-2-3-15(14(9-13)10-18)23-6-4-22(11-19)5-7-23;7-3-1-2-6-4-8-5-9-6/h2-3,9,12,19H,4-8H2,1H3;4-5H,1-3,7H2,(H,8,9)/p+1. The molecule has 2 aliphatic heterocycles. The number of aromatic nitrogens is 2. The summed E-state index contributed by atoms with van der Waals surface area (Å²) in [5.74, 6) is -0.0490. The molecule has 10 heteroatoms. The topological polar surface area (TPSA) is 150 Å². The van der Waals surface area contributed by atoms with E-state index in [-0.39, 0.29) is 11.8 Å². The number of rotatable bonds is 5. The molecule has 1 aromatic heterocycles. The second kappa shape index (κ2) is 11.7. The number of hydrogen-bond donors (Lipinski definition) is 4. The Hall–Kier alpha value is -3.80. The molecular formula is C23H30N9O+. The molecule has 1 atom stereocenters. The van der Waals surface area contributed by atoms with Crippen LogP contribution in [0.3, 0.4) is 0 Å². The average molecular weight is 449 g/mol. The molecule has 0 radical (unpaired) electrons. The van der Waals surface area contributed by atoms with Crippen molar-refractivity contribution in [1.29, 1.82) is 10.7 Å². The predicted octanol–water partition coefficient (Wildman–Crippen LogP) is 1.30. The number of hydrazone groups is 1. The summed E-state index contributed by atoms with van der Waals surface area (Å²) in [5, 5.41) is 20.9. The summed E-state index contributed by atoms with van der Waals surface area (Å²) < 4.78 is 1.83. The van der Waals surface area contributed by atoms with Gasteiger partial charge in [0.05, 0.1) is 36.4 Å². The van der Waals surface area contributed by atoms with Gasteiger partial charge in [-0.1, -0.05) is 18.4 Å². The Morgan fingerprint density at radius 2 is 2.15 bits per heavy atom. The van der Waals surface area contributed by atoms with Gasteiger partial charge < -0.3 is 15.6 Å². The number of amides is 1. The lowest BCUT2D eigenvalue weighted by molar-refractivity contribution is -0.523. The van der Waals surface area contributed by atoms with Crippen molar-refractivity contribution in [2.45, 2.75) is 26.2 Å². The number of nitriles is 1. The molecule has 2 aliphatic rings. The summed E-state index contributed by atoms with van der Waals surface area (Å²) in [6.07, 6.45) is 5.96. The van der Waals surface area contributed by atoms with Crippen LogP contribution in [0.25, 0.3) is 0 Å². The van der Waals surface area contributed by atoms with Crippen molar-refractivity contribution in [3.8, 4) is 6.07 Å². The monoisotopic (exact) mass is 448 g/mol. The summed E-state index contributed by atoms with van der Waals surface area (Å²) in [6, 6.07) is 10.4. The van der Waals surface area contributed by atoms with Gasteiger partial charge in [0.25, 0.3) is 0 Å². The van der Waals surface area contributed by atoms with Gasteiger partial charge in [0, 0.05) is 24.2 Å². The second-order valence-corrected chi connectivity index (χ2v) is 8.04. The van der Waals surface area contributed by atoms with Crippen molar-refractivity contribution in [2.75, 3.05) is 37.6 Å². The minimum Gasteiger partial charge on any atom is -0.363 e. The maximum atomic E-state index is 11.4. The highest BCUT2D eigenvalue weighted by Crippen LogP contribution is 2.25. The molecule has 172 valence electrons. The molecule has 1 amide bonds. The summed E-state index contributed by atoms with van der Waals surface area (Å²) in [7, 11) is 0. The Kier molecular flexibility index (Phi) is 8.47. The summed E-state index contributed by atoms with van der Waals surface area (Å²) >= 11 is 0. The number of piperazine rings is 1. The third-order valence-electron chi connectivity index (χ3n) is 5.66. The van der Waals surface area contributed by atoms with E-state index < -0.39 is 0 Å². The molecule has 33 heavy (non-hydrogen) atoms. The van der Waals surface area contributed by atoms with E-state index >= 15 is 0 Å². The molecule has 1 unspecified atom stereocenters. The van der Waals surface area contributed by atoms with E-state index in [9.17, 15) is 10.1 Å². The fourth-order valence-corrected chi connectivity index (χ4v) is 3.84. The van der Waals surface area contributed by atoms with Crippen molar-refractivity contribution in [2.24, 2.45) is 16.8 Å². The number of imidazole rings is 1. The van der Waals surface area contributed by atoms with E-state index in [1.54, 1.807) is 6.33 Å². The largest absolute Gasteiger partial charge is 0.363 e. The molecule has 5 N–H and O–H groups in total. The first kappa shape index (κ1) is 23.9. The molecular weight excluding hydrogens is 418 g/mol. The number of H-pyrrole nitrogens is 1. The van der Waals surface area contributed by atoms with Crippen LogP contribution in [0.2, 0.25) is 0 Å². The molecule has 4 rings (SSSR count). The van der Waals surface area contributed by atoms with Crippen LogP contribution in [0.15, 0.2) is 35.8 Å². The van der Waals surface area contributed by atoms with Gasteiger partial charge in [-0.05, 0) is 37.1 Å². The van der Waals surface area contributed by atoms with Crippen LogP contribution in [0.5, 0.6) is 0 Å². The van der Waals surface area contributed by atoms with Gasteiger partial charge in [-0.3, -0.25) is 4.79 Å². The Morgan fingerprint density at radius 3 is 2.76 bits per heavy atom. The highest BCUT2D eigenvalue weighted by molar-refractivity contribution is 6.06. The van der Waals surface area contributed by atoms with Crippen molar-refractivity contribution in [3.63, 3.8) is 0 Å². The summed E-state index contributed by atoms with van der Waals surface area (Å²) in [4.78, 5) is 20.4. The molecule has 10 nitrogen and oxygen atoms in total. The highest BCUT2D eigenvalue weighted by atomic mass is 16.2. The first-order valence-corrected chi connectivity index (χ1v) is 11.1. The third-order valence-corrected chi connectivity index (χ3v) is 5.66. The van der Waals surface area contributed by atoms with Crippen LogP contribution >= 0.6 is 0 Å². The number of anilines is 1. The average Bonchev–Trinajstić information content (AvgIpc) is 3.36. The zero-order valence-corrected chi connectivity index (χ0v) is 18.8. The molecule has 1 saturated heterocycles. The van der Waals surface area contributed by atoms with Gasteiger partial charge in [-0.2, -0.15) is 10.4 Å². The zero-order chi connectivity index (χ0) is 23.6.